The van der Waals surface area contributed by atoms with Gasteiger partial charge < -0.3 is 14.8 Å². The summed E-state index contributed by atoms with van der Waals surface area (Å²) in [6.45, 7) is 1.19. The summed E-state index contributed by atoms with van der Waals surface area (Å²) in [5.41, 5.74) is 1.51. The highest BCUT2D eigenvalue weighted by molar-refractivity contribution is 5.90. The van der Waals surface area contributed by atoms with Crippen LogP contribution in [0.4, 0.5) is 0 Å². The van der Waals surface area contributed by atoms with E-state index in [9.17, 15) is 14.4 Å². The lowest BCUT2D eigenvalue weighted by molar-refractivity contribution is -0.145. The zero-order chi connectivity index (χ0) is 18.9. The molecule has 0 unspecified atom stereocenters. The number of rotatable bonds is 7. The van der Waals surface area contributed by atoms with Gasteiger partial charge in [-0.3, -0.25) is 9.78 Å². The third-order valence-corrected chi connectivity index (χ3v) is 3.43. The molecule has 0 saturated carbocycles. The number of nitrogens with zero attached hydrogens (tertiary/aromatic N) is 2. The van der Waals surface area contributed by atoms with Gasteiger partial charge in [0.2, 0.25) is 0 Å². The normalized spacial score (nSPS) is 11.3. The molecule has 1 amide bonds. The summed E-state index contributed by atoms with van der Waals surface area (Å²) >= 11 is 0. The fraction of sp³-hybridized carbons (Fsp3) is 0.278. The van der Waals surface area contributed by atoms with Crippen molar-refractivity contribution in [3.63, 3.8) is 0 Å². The van der Waals surface area contributed by atoms with Gasteiger partial charge in [-0.1, -0.05) is 30.3 Å². The third-order valence-electron chi connectivity index (χ3n) is 3.43. The topological polar surface area (TPSA) is 107 Å². The molecule has 0 aliphatic rings. The van der Waals surface area contributed by atoms with Crippen molar-refractivity contribution in [2.24, 2.45) is 0 Å². The second-order valence-corrected chi connectivity index (χ2v) is 5.45. The maximum Gasteiger partial charge on any atom is 0.359 e. The van der Waals surface area contributed by atoms with Crippen LogP contribution in [0, 0.1) is 6.92 Å². The van der Waals surface area contributed by atoms with Crippen molar-refractivity contribution in [1.29, 1.82) is 0 Å². The molecule has 0 saturated heterocycles. The Morgan fingerprint density at radius 3 is 2.46 bits per heavy atom. The van der Waals surface area contributed by atoms with Gasteiger partial charge in [0.05, 0.1) is 19.0 Å². The predicted molar refractivity (Wildman–Crippen MR) is 91.1 cm³/mol. The van der Waals surface area contributed by atoms with Crippen molar-refractivity contribution >= 4 is 17.8 Å². The number of aryl methyl sites for hydroxylation is 1. The molecule has 1 atom stereocenters. The van der Waals surface area contributed by atoms with E-state index in [1.54, 1.807) is 6.92 Å². The minimum Gasteiger partial charge on any atom is -0.467 e. The van der Waals surface area contributed by atoms with Crippen LogP contribution in [0.5, 0.6) is 0 Å². The summed E-state index contributed by atoms with van der Waals surface area (Å²) in [6.07, 6.45) is 2.95. The predicted octanol–water partition coefficient (Wildman–Crippen LogP) is 0.842. The van der Waals surface area contributed by atoms with Gasteiger partial charge in [0.15, 0.2) is 12.3 Å². The lowest BCUT2D eigenvalue weighted by atomic mass is 10.1. The standard InChI is InChI=1S/C18H19N3O5/c1-12-9-20-15(10-19-12)18(24)26-11-16(22)21-14(17(23)25-2)8-13-6-4-3-5-7-13/h3-7,9-10,14H,8,11H2,1-2H3,(H,21,22)/t14-/m1/s1. The molecule has 0 aliphatic heterocycles. The number of methoxy groups -OCH3 is 1. The molecule has 0 spiro atoms. The van der Waals surface area contributed by atoms with Crippen LogP contribution in [0.1, 0.15) is 21.7 Å². The van der Waals surface area contributed by atoms with Gasteiger partial charge in [-0.2, -0.15) is 0 Å². The molecule has 0 bridgehead atoms. The Bertz CT molecular complexity index is 762. The van der Waals surface area contributed by atoms with Crippen molar-refractivity contribution in [1.82, 2.24) is 15.3 Å². The quantitative estimate of drug-likeness (QED) is 0.732. The summed E-state index contributed by atoms with van der Waals surface area (Å²) in [7, 11) is 1.24. The number of carbonyl (C=O) groups is 3. The minimum absolute atomic E-state index is 0.00259. The average molecular weight is 357 g/mol. The van der Waals surface area contributed by atoms with Crippen LogP contribution in [0.25, 0.3) is 0 Å². The lowest BCUT2D eigenvalue weighted by Gasteiger charge is -2.16. The van der Waals surface area contributed by atoms with Crippen LogP contribution in [-0.2, 0) is 25.5 Å². The molecule has 2 aromatic rings. The van der Waals surface area contributed by atoms with Gasteiger partial charge >= 0.3 is 11.9 Å². The molecule has 0 fully saturated rings. The summed E-state index contributed by atoms with van der Waals surface area (Å²) in [5, 5.41) is 2.51. The van der Waals surface area contributed by atoms with Gasteiger partial charge in [-0.25, -0.2) is 14.6 Å². The van der Waals surface area contributed by atoms with Crippen LogP contribution in [-0.4, -0.2) is 47.6 Å². The second-order valence-electron chi connectivity index (χ2n) is 5.45. The van der Waals surface area contributed by atoms with Gasteiger partial charge in [-0.05, 0) is 12.5 Å². The highest BCUT2D eigenvalue weighted by Gasteiger charge is 2.22. The molecule has 136 valence electrons. The molecule has 2 rings (SSSR count). The van der Waals surface area contributed by atoms with E-state index in [1.165, 1.54) is 19.5 Å². The van der Waals surface area contributed by atoms with Crippen LogP contribution in [0.15, 0.2) is 42.7 Å². The summed E-state index contributed by atoms with van der Waals surface area (Å²) in [4.78, 5) is 43.5. The number of ether oxygens (including phenoxy) is 2. The average Bonchev–Trinajstić information content (AvgIpc) is 2.66. The molecule has 1 N–H and O–H groups in total. The monoisotopic (exact) mass is 357 g/mol. The molecule has 8 nitrogen and oxygen atoms in total. The van der Waals surface area contributed by atoms with Gasteiger partial charge in [-0.15, -0.1) is 0 Å². The van der Waals surface area contributed by atoms with Crippen molar-refractivity contribution in [2.75, 3.05) is 13.7 Å². The number of nitrogens with one attached hydrogen (secondary N) is 1. The number of amides is 1. The van der Waals surface area contributed by atoms with Crippen LogP contribution < -0.4 is 5.32 Å². The molecule has 26 heavy (non-hydrogen) atoms. The number of benzene rings is 1. The van der Waals surface area contributed by atoms with Crippen molar-refractivity contribution in [3.05, 3.63) is 59.7 Å². The van der Waals surface area contributed by atoms with Crippen LogP contribution in [0.2, 0.25) is 0 Å². The number of hydrogen-bond donors (Lipinski definition) is 1. The Morgan fingerprint density at radius 1 is 1.12 bits per heavy atom. The zero-order valence-corrected chi connectivity index (χ0v) is 14.5. The van der Waals surface area contributed by atoms with E-state index in [2.05, 4.69) is 15.3 Å². The fourth-order valence-corrected chi connectivity index (χ4v) is 2.12. The summed E-state index contributed by atoms with van der Waals surface area (Å²) in [5.74, 6) is -1.98. The molecule has 1 aromatic carbocycles. The number of esters is 2. The van der Waals surface area contributed by atoms with E-state index < -0.39 is 30.5 Å². The molecule has 0 radical (unpaired) electrons. The number of hydrogen-bond acceptors (Lipinski definition) is 7. The Labute approximate surface area is 150 Å². The molecule has 0 aliphatic carbocycles. The van der Waals surface area contributed by atoms with E-state index in [0.29, 0.717) is 5.69 Å². The van der Waals surface area contributed by atoms with E-state index in [-0.39, 0.29) is 12.1 Å². The smallest absolute Gasteiger partial charge is 0.359 e. The van der Waals surface area contributed by atoms with Crippen LogP contribution in [0.3, 0.4) is 0 Å². The number of aromatic nitrogens is 2. The largest absolute Gasteiger partial charge is 0.467 e. The highest BCUT2D eigenvalue weighted by Crippen LogP contribution is 2.05. The summed E-state index contributed by atoms with van der Waals surface area (Å²) < 4.78 is 9.60. The van der Waals surface area contributed by atoms with E-state index in [0.717, 1.165) is 5.56 Å². The van der Waals surface area contributed by atoms with E-state index in [4.69, 9.17) is 9.47 Å². The first kappa shape index (κ1) is 19.0. The minimum atomic E-state index is -0.882. The van der Waals surface area contributed by atoms with E-state index in [1.807, 2.05) is 30.3 Å². The molecule has 1 aromatic heterocycles. The molecule has 1 heterocycles. The van der Waals surface area contributed by atoms with Gasteiger partial charge in [0.25, 0.3) is 5.91 Å². The Kier molecular flexibility index (Phi) is 6.78. The lowest BCUT2D eigenvalue weighted by Crippen LogP contribution is -2.44. The molecular formula is C18H19N3O5. The number of carbonyl (C=O) groups excluding carboxylic acids is 3. The Morgan fingerprint density at radius 2 is 1.85 bits per heavy atom. The second kappa shape index (κ2) is 9.26. The van der Waals surface area contributed by atoms with Crippen molar-refractivity contribution < 1.29 is 23.9 Å². The zero-order valence-electron chi connectivity index (χ0n) is 14.5. The maximum atomic E-state index is 12.0. The SMILES string of the molecule is COC(=O)[C@@H](Cc1ccccc1)NC(=O)COC(=O)c1cnc(C)cn1. The molecule has 8 heteroatoms. The van der Waals surface area contributed by atoms with Gasteiger partial charge in [0.1, 0.15) is 6.04 Å². The van der Waals surface area contributed by atoms with Gasteiger partial charge in [0, 0.05) is 12.6 Å². The third kappa shape index (κ3) is 5.66. The Hall–Kier alpha value is -3.29. The van der Waals surface area contributed by atoms with Crippen molar-refractivity contribution in [2.45, 2.75) is 19.4 Å². The maximum absolute atomic E-state index is 12.0. The van der Waals surface area contributed by atoms with Crippen molar-refractivity contribution in [3.8, 4) is 0 Å². The molecular weight excluding hydrogens is 338 g/mol. The summed E-state index contributed by atoms with van der Waals surface area (Å²) in [6, 6.07) is 8.29. The van der Waals surface area contributed by atoms with Crippen LogP contribution >= 0.6 is 0 Å². The fourth-order valence-electron chi connectivity index (χ4n) is 2.12. The first-order valence-electron chi connectivity index (χ1n) is 7.86. The first-order valence-corrected chi connectivity index (χ1v) is 7.86. The Balaban J connectivity index is 1.91. The highest BCUT2D eigenvalue weighted by atomic mass is 16.5. The van der Waals surface area contributed by atoms with E-state index >= 15 is 0 Å². The first-order chi connectivity index (χ1) is 12.5.